The smallest absolute Gasteiger partial charge is 0.422 e. The Morgan fingerprint density at radius 2 is 2.07 bits per heavy atom. The molecule has 0 unspecified atom stereocenters. The molecule has 78 valence electrons. The van der Waals surface area contributed by atoms with Crippen molar-refractivity contribution >= 4 is 22.6 Å². The molecule has 0 spiro atoms. The quantitative estimate of drug-likeness (QED) is 0.618. The Bertz CT molecular complexity index is 327. The first kappa shape index (κ1) is 11.5. The number of halogens is 4. The molecular formula is C8H7F3INO. The highest BCUT2D eigenvalue weighted by Gasteiger charge is 2.28. The van der Waals surface area contributed by atoms with Gasteiger partial charge in [-0.25, -0.2) is 4.98 Å². The average Bonchev–Trinajstić information content (AvgIpc) is 2.00. The van der Waals surface area contributed by atoms with Crippen molar-refractivity contribution in [1.29, 1.82) is 0 Å². The predicted molar refractivity (Wildman–Crippen MR) is 53.2 cm³/mol. The average molecular weight is 317 g/mol. The van der Waals surface area contributed by atoms with Crippen LogP contribution in [0.15, 0.2) is 12.1 Å². The van der Waals surface area contributed by atoms with Crippen LogP contribution in [-0.4, -0.2) is 17.8 Å². The van der Waals surface area contributed by atoms with E-state index in [2.05, 4.69) is 9.72 Å². The van der Waals surface area contributed by atoms with Gasteiger partial charge in [0.05, 0.1) is 5.69 Å². The topological polar surface area (TPSA) is 22.1 Å². The minimum atomic E-state index is -4.31. The minimum Gasteiger partial charge on any atom is -0.482 e. The van der Waals surface area contributed by atoms with Gasteiger partial charge >= 0.3 is 6.18 Å². The van der Waals surface area contributed by atoms with Gasteiger partial charge in [-0.3, -0.25) is 0 Å². The van der Waals surface area contributed by atoms with E-state index in [1.807, 2.05) is 22.6 Å². The molecule has 0 saturated carbocycles. The van der Waals surface area contributed by atoms with E-state index in [1.165, 1.54) is 6.07 Å². The third kappa shape index (κ3) is 3.69. The normalized spacial score (nSPS) is 11.5. The Hall–Kier alpha value is -0.530. The number of aromatic nitrogens is 1. The van der Waals surface area contributed by atoms with Crippen molar-refractivity contribution in [1.82, 2.24) is 4.98 Å². The van der Waals surface area contributed by atoms with Crippen LogP contribution in [0.25, 0.3) is 0 Å². The molecule has 0 aromatic carbocycles. The van der Waals surface area contributed by atoms with Gasteiger partial charge in [-0.2, -0.15) is 13.2 Å². The van der Waals surface area contributed by atoms with Gasteiger partial charge in [-0.15, -0.1) is 0 Å². The van der Waals surface area contributed by atoms with Gasteiger partial charge in [0.25, 0.3) is 0 Å². The minimum absolute atomic E-state index is 0.169. The van der Waals surface area contributed by atoms with Crippen LogP contribution >= 0.6 is 22.6 Å². The Balaban J connectivity index is 2.68. The highest BCUT2D eigenvalue weighted by atomic mass is 127. The van der Waals surface area contributed by atoms with E-state index in [4.69, 9.17) is 0 Å². The fraction of sp³-hybridized carbons (Fsp3) is 0.375. The molecule has 0 aliphatic rings. The second kappa shape index (κ2) is 4.33. The fourth-order valence-corrected chi connectivity index (χ4v) is 1.37. The lowest BCUT2D eigenvalue weighted by molar-refractivity contribution is -0.153. The van der Waals surface area contributed by atoms with Crippen LogP contribution in [-0.2, 0) is 0 Å². The Kier molecular flexibility index (Phi) is 3.57. The molecule has 1 aromatic rings. The van der Waals surface area contributed by atoms with Crippen LogP contribution in [0, 0.1) is 10.6 Å². The van der Waals surface area contributed by atoms with Gasteiger partial charge in [-0.05, 0) is 41.6 Å². The molecule has 1 rings (SSSR count). The van der Waals surface area contributed by atoms with Gasteiger partial charge in [-0.1, -0.05) is 0 Å². The summed E-state index contributed by atoms with van der Waals surface area (Å²) in [6.45, 7) is 0.323. The molecular weight excluding hydrogens is 310 g/mol. The number of hydrogen-bond donors (Lipinski definition) is 0. The second-order valence-electron chi connectivity index (χ2n) is 2.62. The molecule has 0 N–H and O–H groups in total. The summed E-state index contributed by atoms with van der Waals surface area (Å²) >= 11 is 1.98. The van der Waals surface area contributed by atoms with Crippen molar-refractivity contribution in [3.63, 3.8) is 0 Å². The number of rotatable bonds is 2. The standard InChI is InChI=1S/C8H7F3INO/c1-5-6(2-3-7(12)13-5)14-4-8(9,10)11/h2-3H,4H2,1H3. The van der Waals surface area contributed by atoms with Crippen LogP contribution in [0.3, 0.4) is 0 Å². The first-order valence-corrected chi connectivity index (χ1v) is 4.79. The molecule has 0 radical (unpaired) electrons. The SMILES string of the molecule is Cc1nc(I)ccc1OCC(F)(F)F. The molecule has 0 fully saturated rings. The van der Waals surface area contributed by atoms with E-state index in [0.29, 0.717) is 5.69 Å². The number of ether oxygens (including phenoxy) is 1. The van der Waals surface area contributed by atoms with E-state index in [1.54, 1.807) is 13.0 Å². The fourth-order valence-electron chi connectivity index (χ4n) is 0.830. The zero-order valence-corrected chi connectivity index (χ0v) is 9.39. The Morgan fingerprint density at radius 3 is 2.57 bits per heavy atom. The first-order valence-electron chi connectivity index (χ1n) is 3.71. The summed E-state index contributed by atoms with van der Waals surface area (Å²) in [7, 11) is 0. The van der Waals surface area contributed by atoms with Crippen molar-refractivity contribution < 1.29 is 17.9 Å². The Labute approximate surface area is 92.6 Å². The summed E-state index contributed by atoms with van der Waals surface area (Å²) in [6.07, 6.45) is -4.31. The van der Waals surface area contributed by atoms with Crippen molar-refractivity contribution in [3.8, 4) is 5.75 Å². The number of alkyl halides is 3. The molecule has 2 nitrogen and oxygen atoms in total. The van der Waals surface area contributed by atoms with Crippen LogP contribution < -0.4 is 4.74 Å². The third-order valence-corrected chi connectivity index (χ3v) is 2.00. The molecule has 1 heterocycles. The number of aryl methyl sites for hydroxylation is 1. The highest BCUT2D eigenvalue weighted by Crippen LogP contribution is 2.21. The van der Waals surface area contributed by atoms with Crippen LogP contribution in [0.2, 0.25) is 0 Å². The van der Waals surface area contributed by atoms with E-state index < -0.39 is 12.8 Å². The van der Waals surface area contributed by atoms with Gasteiger partial charge in [0.1, 0.15) is 9.45 Å². The van der Waals surface area contributed by atoms with Gasteiger partial charge in [0.15, 0.2) is 6.61 Å². The maximum atomic E-state index is 11.8. The summed E-state index contributed by atoms with van der Waals surface area (Å²) < 4.78 is 40.7. The van der Waals surface area contributed by atoms with Gasteiger partial charge in [0.2, 0.25) is 0 Å². The summed E-state index contributed by atoms with van der Waals surface area (Å²) in [5, 5.41) is 0. The maximum Gasteiger partial charge on any atom is 0.422 e. The molecule has 0 amide bonds. The lowest BCUT2D eigenvalue weighted by atomic mass is 10.3. The summed E-state index contributed by atoms with van der Waals surface area (Å²) in [5.41, 5.74) is 0.459. The maximum absolute atomic E-state index is 11.8. The van der Waals surface area contributed by atoms with Crippen molar-refractivity contribution in [2.45, 2.75) is 13.1 Å². The molecule has 0 saturated heterocycles. The highest BCUT2D eigenvalue weighted by molar-refractivity contribution is 14.1. The summed E-state index contributed by atoms with van der Waals surface area (Å²) in [5.74, 6) is 0.169. The molecule has 0 aliphatic carbocycles. The summed E-state index contributed by atoms with van der Waals surface area (Å²) in [6, 6.07) is 3.08. The lowest BCUT2D eigenvalue weighted by Gasteiger charge is -2.10. The van der Waals surface area contributed by atoms with E-state index >= 15 is 0 Å². The Morgan fingerprint density at radius 1 is 1.43 bits per heavy atom. The third-order valence-electron chi connectivity index (χ3n) is 1.39. The second-order valence-corrected chi connectivity index (χ2v) is 3.73. The molecule has 6 heteroatoms. The van der Waals surface area contributed by atoms with Crippen molar-refractivity contribution in [2.24, 2.45) is 0 Å². The molecule has 0 atom stereocenters. The zero-order chi connectivity index (χ0) is 10.8. The first-order chi connectivity index (χ1) is 6.38. The predicted octanol–water partition coefficient (Wildman–Crippen LogP) is 2.94. The molecule has 0 bridgehead atoms. The molecule has 14 heavy (non-hydrogen) atoms. The lowest BCUT2D eigenvalue weighted by Crippen LogP contribution is -2.19. The van der Waals surface area contributed by atoms with E-state index in [9.17, 15) is 13.2 Å². The number of pyridine rings is 1. The van der Waals surface area contributed by atoms with Crippen LogP contribution in [0.4, 0.5) is 13.2 Å². The largest absolute Gasteiger partial charge is 0.482 e. The van der Waals surface area contributed by atoms with Gasteiger partial charge < -0.3 is 4.74 Å². The van der Waals surface area contributed by atoms with E-state index in [-0.39, 0.29) is 5.75 Å². The van der Waals surface area contributed by atoms with E-state index in [0.717, 1.165) is 3.70 Å². The molecule has 1 aromatic heterocycles. The molecule has 0 aliphatic heterocycles. The van der Waals surface area contributed by atoms with Gasteiger partial charge in [0, 0.05) is 0 Å². The zero-order valence-electron chi connectivity index (χ0n) is 7.23. The van der Waals surface area contributed by atoms with Crippen LogP contribution in [0.1, 0.15) is 5.69 Å². The summed E-state index contributed by atoms with van der Waals surface area (Å²) in [4.78, 5) is 3.97. The number of hydrogen-bond acceptors (Lipinski definition) is 2. The van der Waals surface area contributed by atoms with Crippen LogP contribution in [0.5, 0.6) is 5.75 Å². The van der Waals surface area contributed by atoms with Crippen molar-refractivity contribution in [3.05, 3.63) is 21.5 Å². The number of nitrogens with zero attached hydrogens (tertiary/aromatic N) is 1. The monoisotopic (exact) mass is 317 g/mol. The van der Waals surface area contributed by atoms with Crippen molar-refractivity contribution in [2.75, 3.05) is 6.61 Å².